The third kappa shape index (κ3) is 5.95. The zero-order chi connectivity index (χ0) is 36.2. The molecule has 4 nitrogen and oxygen atoms in total. The van der Waals surface area contributed by atoms with E-state index in [1.165, 1.54) is 24.3 Å². The predicted octanol–water partition coefficient (Wildman–Crippen LogP) is 11.5. The van der Waals surface area contributed by atoms with Crippen molar-refractivity contribution in [3.63, 3.8) is 0 Å². The molecular weight excluding hydrogens is 647 g/mol. The molecule has 0 atom stereocenters. The summed E-state index contributed by atoms with van der Waals surface area (Å²) in [6.45, 7) is 0. The number of nitrogens with zero attached hydrogens (tertiary/aromatic N) is 4. The maximum atomic E-state index is 14.7. The third-order valence-electron chi connectivity index (χ3n) is 9.00. The van der Waals surface area contributed by atoms with E-state index in [4.69, 9.17) is 0 Å². The SMILES string of the molecule is N#Cc1ccc(-c2c(-c3ccc(C#N)cc3)c(-c3ccc(F)cc3)c(-c3ccccc3C#N)c(-c3ccccc3C#N)c2-c2ccc(F)cc2)cc1. The Morgan fingerprint density at radius 3 is 0.904 bits per heavy atom. The summed E-state index contributed by atoms with van der Waals surface area (Å²) >= 11 is 0. The Morgan fingerprint density at radius 1 is 0.308 bits per heavy atom. The smallest absolute Gasteiger partial charge is 0.123 e. The highest BCUT2D eigenvalue weighted by Gasteiger charge is 2.31. The molecule has 0 aliphatic carbocycles. The highest BCUT2D eigenvalue weighted by Crippen LogP contribution is 2.56. The number of hydrogen-bond donors (Lipinski definition) is 0. The second-order valence-corrected chi connectivity index (χ2v) is 12.0. The Kier molecular flexibility index (Phi) is 8.90. The molecule has 7 aromatic rings. The van der Waals surface area contributed by atoms with Gasteiger partial charge in [0.1, 0.15) is 11.6 Å². The van der Waals surface area contributed by atoms with E-state index in [0.29, 0.717) is 89.0 Å². The number of rotatable bonds is 6. The zero-order valence-corrected chi connectivity index (χ0v) is 27.4. The Morgan fingerprint density at radius 2 is 0.596 bits per heavy atom. The molecule has 0 aromatic heterocycles. The number of halogens is 2. The van der Waals surface area contributed by atoms with Crippen molar-refractivity contribution in [2.75, 3.05) is 0 Å². The first kappa shape index (κ1) is 32.9. The minimum Gasteiger partial charge on any atom is -0.207 e. The van der Waals surface area contributed by atoms with Gasteiger partial charge in [-0.05, 0) is 116 Å². The standard InChI is InChI=1S/C46H24F2N4/c47-37-21-17-33(18-22-37)43-41(31-13-9-29(25-49)10-14-31)42(32-15-11-30(26-50)12-16-32)44(34-19-23-38(48)24-20-34)46(40-8-4-2-6-36(40)28-52)45(43)39-7-3-1-5-35(39)27-51/h1-24H. The molecule has 0 saturated carbocycles. The first-order valence-electron chi connectivity index (χ1n) is 16.2. The van der Waals surface area contributed by atoms with Crippen molar-refractivity contribution >= 4 is 0 Å². The molecule has 6 heteroatoms. The maximum absolute atomic E-state index is 14.7. The lowest BCUT2D eigenvalue weighted by Crippen LogP contribution is -2.04. The average molecular weight is 671 g/mol. The Bertz CT molecular complexity index is 2460. The van der Waals surface area contributed by atoms with Crippen LogP contribution in [-0.4, -0.2) is 0 Å². The second-order valence-electron chi connectivity index (χ2n) is 12.0. The summed E-state index contributed by atoms with van der Waals surface area (Å²) in [6, 6.07) is 49.8. The molecule has 0 aliphatic rings. The summed E-state index contributed by atoms with van der Waals surface area (Å²) < 4.78 is 29.3. The van der Waals surface area contributed by atoms with Gasteiger partial charge in [-0.1, -0.05) is 84.9 Å². The van der Waals surface area contributed by atoms with E-state index >= 15 is 0 Å². The first-order chi connectivity index (χ1) is 25.4. The van der Waals surface area contributed by atoms with Crippen molar-refractivity contribution in [2.24, 2.45) is 0 Å². The van der Waals surface area contributed by atoms with Gasteiger partial charge in [0, 0.05) is 11.1 Å². The van der Waals surface area contributed by atoms with Crippen LogP contribution in [-0.2, 0) is 0 Å². The van der Waals surface area contributed by atoms with Crippen molar-refractivity contribution < 1.29 is 8.78 Å². The average Bonchev–Trinajstić information content (AvgIpc) is 3.20. The van der Waals surface area contributed by atoms with E-state index in [9.17, 15) is 29.8 Å². The number of benzene rings is 7. The number of nitriles is 4. The molecule has 0 aliphatic heterocycles. The molecule has 0 bridgehead atoms. The second kappa shape index (κ2) is 14.1. The Labute approximate surface area is 299 Å². The van der Waals surface area contributed by atoms with Crippen molar-refractivity contribution in [2.45, 2.75) is 0 Å². The minimum absolute atomic E-state index is 0.364. The van der Waals surface area contributed by atoms with Crippen LogP contribution in [0, 0.1) is 57.0 Å². The van der Waals surface area contributed by atoms with Gasteiger partial charge in [-0.3, -0.25) is 0 Å². The summed E-state index contributed by atoms with van der Waals surface area (Å²) in [5.74, 6) is -0.874. The fraction of sp³-hybridized carbons (Fsp3) is 0. The van der Waals surface area contributed by atoms with Crippen molar-refractivity contribution in [1.82, 2.24) is 0 Å². The van der Waals surface area contributed by atoms with E-state index in [-0.39, 0.29) is 0 Å². The molecule has 0 N–H and O–H groups in total. The van der Waals surface area contributed by atoms with Crippen LogP contribution in [0.25, 0.3) is 66.8 Å². The monoisotopic (exact) mass is 670 g/mol. The molecule has 0 unspecified atom stereocenters. The largest absolute Gasteiger partial charge is 0.207 e. The van der Waals surface area contributed by atoms with Crippen LogP contribution < -0.4 is 0 Å². The summed E-state index contributed by atoms with van der Waals surface area (Å²) in [5, 5.41) is 40.5. The van der Waals surface area contributed by atoms with Gasteiger partial charge in [0.2, 0.25) is 0 Å². The lowest BCUT2D eigenvalue weighted by atomic mass is 9.73. The van der Waals surface area contributed by atoms with E-state index in [2.05, 4.69) is 24.3 Å². The van der Waals surface area contributed by atoms with E-state index in [1.54, 1.807) is 72.8 Å². The van der Waals surface area contributed by atoms with Crippen LogP contribution in [0.4, 0.5) is 8.78 Å². The van der Waals surface area contributed by atoms with Crippen molar-refractivity contribution in [3.05, 3.63) is 179 Å². The van der Waals surface area contributed by atoms with Crippen LogP contribution >= 0.6 is 0 Å². The van der Waals surface area contributed by atoms with E-state index < -0.39 is 11.6 Å². The Balaban J connectivity index is 1.86. The summed E-state index contributed by atoms with van der Waals surface area (Å²) in [5.41, 5.74) is 9.25. The molecule has 7 aromatic carbocycles. The van der Waals surface area contributed by atoms with Gasteiger partial charge in [0.05, 0.1) is 46.5 Å². The lowest BCUT2D eigenvalue weighted by molar-refractivity contribution is 0.627. The molecule has 0 amide bonds. The topological polar surface area (TPSA) is 95.2 Å². The molecule has 0 heterocycles. The molecule has 0 saturated heterocycles. The Hall–Kier alpha value is -7.64. The van der Waals surface area contributed by atoms with Gasteiger partial charge in [-0.2, -0.15) is 21.0 Å². The maximum Gasteiger partial charge on any atom is 0.123 e. The van der Waals surface area contributed by atoms with E-state index in [0.717, 1.165) is 0 Å². The van der Waals surface area contributed by atoms with Gasteiger partial charge < -0.3 is 0 Å². The fourth-order valence-electron chi connectivity index (χ4n) is 6.70. The molecule has 52 heavy (non-hydrogen) atoms. The van der Waals surface area contributed by atoms with Crippen LogP contribution in [0.1, 0.15) is 22.3 Å². The van der Waals surface area contributed by atoms with Gasteiger partial charge in [0.15, 0.2) is 0 Å². The van der Waals surface area contributed by atoms with Gasteiger partial charge >= 0.3 is 0 Å². The van der Waals surface area contributed by atoms with E-state index in [1.807, 2.05) is 48.5 Å². The lowest BCUT2D eigenvalue weighted by Gasteiger charge is -2.29. The molecule has 7 rings (SSSR count). The summed E-state index contributed by atoms with van der Waals surface area (Å²) in [6.07, 6.45) is 0. The van der Waals surface area contributed by atoms with Crippen LogP contribution in [0.15, 0.2) is 146 Å². The van der Waals surface area contributed by atoms with Crippen LogP contribution in [0.5, 0.6) is 0 Å². The normalized spacial score (nSPS) is 10.4. The quantitative estimate of drug-likeness (QED) is 0.176. The highest BCUT2D eigenvalue weighted by molar-refractivity contribution is 6.16. The zero-order valence-electron chi connectivity index (χ0n) is 27.4. The van der Waals surface area contributed by atoms with Crippen molar-refractivity contribution in [3.8, 4) is 91.0 Å². The summed E-state index contributed by atoms with van der Waals surface area (Å²) in [7, 11) is 0. The van der Waals surface area contributed by atoms with Gasteiger partial charge in [-0.15, -0.1) is 0 Å². The fourth-order valence-corrected chi connectivity index (χ4v) is 6.70. The predicted molar refractivity (Wildman–Crippen MR) is 198 cm³/mol. The highest BCUT2D eigenvalue weighted by atomic mass is 19.1. The van der Waals surface area contributed by atoms with Crippen LogP contribution in [0.3, 0.4) is 0 Å². The van der Waals surface area contributed by atoms with Gasteiger partial charge in [-0.25, -0.2) is 8.78 Å². The van der Waals surface area contributed by atoms with Crippen molar-refractivity contribution in [1.29, 1.82) is 21.0 Å². The molecule has 0 radical (unpaired) electrons. The molecular formula is C46H24F2N4. The molecule has 0 fully saturated rings. The number of hydrogen-bond acceptors (Lipinski definition) is 4. The summed E-state index contributed by atoms with van der Waals surface area (Å²) in [4.78, 5) is 0. The van der Waals surface area contributed by atoms with Crippen LogP contribution in [0.2, 0.25) is 0 Å². The minimum atomic E-state index is -0.437. The first-order valence-corrected chi connectivity index (χ1v) is 16.2. The van der Waals surface area contributed by atoms with Gasteiger partial charge in [0.25, 0.3) is 0 Å². The molecule has 242 valence electrons. The molecule has 0 spiro atoms. The third-order valence-corrected chi connectivity index (χ3v) is 9.00.